The number of amides is 1. The maximum Gasteiger partial charge on any atom is 0.230 e. The summed E-state index contributed by atoms with van der Waals surface area (Å²) < 4.78 is 2.03. The lowest BCUT2D eigenvalue weighted by Gasteiger charge is -2.29. The SMILES string of the molecule is C[C@@H]1CCCC[C@H]1NC(=O)CSc1nc2cc(Cl)ccc2s1. The van der Waals surface area contributed by atoms with Crippen molar-refractivity contribution in [2.24, 2.45) is 5.92 Å². The Labute approximate surface area is 143 Å². The molecule has 1 fully saturated rings. The van der Waals surface area contributed by atoms with E-state index in [9.17, 15) is 4.79 Å². The number of halogens is 1. The molecule has 1 aromatic carbocycles. The van der Waals surface area contributed by atoms with Crippen LogP contribution in [0.15, 0.2) is 22.5 Å². The molecule has 1 heterocycles. The molecular weight excluding hydrogens is 336 g/mol. The number of thiazole rings is 1. The number of hydrogen-bond acceptors (Lipinski definition) is 4. The second-order valence-electron chi connectivity index (χ2n) is 5.82. The van der Waals surface area contributed by atoms with Crippen LogP contribution in [0.2, 0.25) is 5.02 Å². The molecule has 1 saturated carbocycles. The second-order valence-corrected chi connectivity index (χ2v) is 8.51. The number of rotatable bonds is 4. The molecule has 1 N–H and O–H groups in total. The maximum atomic E-state index is 12.1. The van der Waals surface area contributed by atoms with Crippen molar-refractivity contribution < 1.29 is 4.79 Å². The van der Waals surface area contributed by atoms with E-state index in [4.69, 9.17) is 11.6 Å². The fourth-order valence-corrected chi connectivity index (χ4v) is 4.87. The third kappa shape index (κ3) is 3.94. The number of hydrogen-bond donors (Lipinski definition) is 1. The lowest BCUT2D eigenvalue weighted by molar-refractivity contribution is -0.119. The highest BCUT2D eigenvalue weighted by Gasteiger charge is 2.22. The fourth-order valence-electron chi connectivity index (χ4n) is 2.85. The van der Waals surface area contributed by atoms with Gasteiger partial charge in [0, 0.05) is 11.1 Å². The zero-order valence-electron chi connectivity index (χ0n) is 12.5. The lowest BCUT2D eigenvalue weighted by atomic mass is 9.86. The van der Waals surface area contributed by atoms with Crippen LogP contribution in [-0.4, -0.2) is 22.7 Å². The highest BCUT2D eigenvalue weighted by molar-refractivity contribution is 8.01. The largest absolute Gasteiger partial charge is 0.352 e. The Morgan fingerprint density at radius 1 is 1.45 bits per heavy atom. The van der Waals surface area contributed by atoms with Crippen LogP contribution in [0, 0.1) is 5.92 Å². The predicted molar refractivity (Wildman–Crippen MR) is 94.9 cm³/mol. The van der Waals surface area contributed by atoms with Crippen LogP contribution in [0.5, 0.6) is 0 Å². The Kier molecular flexibility index (Phi) is 5.26. The number of aromatic nitrogens is 1. The molecule has 2 atom stereocenters. The van der Waals surface area contributed by atoms with Gasteiger partial charge in [-0.2, -0.15) is 0 Å². The van der Waals surface area contributed by atoms with Gasteiger partial charge in [0.15, 0.2) is 4.34 Å². The van der Waals surface area contributed by atoms with Gasteiger partial charge in [0.1, 0.15) is 0 Å². The van der Waals surface area contributed by atoms with E-state index in [0.29, 0.717) is 22.7 Å². The van der Waals surface area contributed by atoms with Crippen LogP contribution in [0.4, 0.5) is 0 Å². The first kappa shape index (κ1) is 16.1. The molecule has 0 aliphatic heterocycles. The van der Waals surface area contributed by atoms with Crippen LogP contribution >= 0.6 is 34.7 Å². The molecule has 3 rings (SSSR count). The fraction of sp³-hybridized carbons (Fsp3) is 0.500. The number of benzene rings is 1. The Hall–Kier alpha value is -0.780. The average molecular weight is 355 g/mol. The first-order valence-corrected chi connectivity index (χ1v) is 9.78. The summed E-state index contributed by atoms with van der Waals surface area (Å²) in [4.78, 5) is 16.6. The van der Waals surface area contributed by atoms with Crippen molar-refractivity contribution in [2.45, 2.75) is 43.0 Å². The van der Waals surface area contributed by atoms with Gasteiger partial charge in [0.25, 0.3) is 0 Å². The molecule has 0 spiro atoms. The topological polar surface area (TPSA) is 42.0 Å². The van der Waals surface area contributed by atoms with Gasteiger partial charge >= 0.3 is 0 Å². The minimum Gasteiger partial charge on any atom is -0.352 e. The molecular formula is C16H19ClN2OS2. The molecule has 2 aromatic rings. The smallest absolute Gasteiger partial charge is 0.230 e. The lowest BCUT2D eigenvalue weighted by Crippen LogP contribution is -2.41. The Morgan fingerprint density at radius 3 is 3.09 bits per heavy atom. The summed E-state index contributed by atoms with van der Waals surface area (Å²) in [7, 11) is 0. The Bertz CT molecular complexity index is 673. The number of nitrogens with zero attached hydrogens (tertiary/aromatic N) is 1. The monoisotopic (exact) mass is 354 g/mol. The van der Waals surface area contributed by atoms with E-state index in [1.54, 1.807) is 11.3 Å². The van der Waals surface area contributed by atoms with E-state index >= 15 is 0 Å². The summed E-state index contributed by atoms with van der Waals surface area (Å²) in [5.41, 5.74) is 0.904. The van der Waals surface area contributed by atoms with E-state index < -0.39 is 0 Å². The van der Waals surface area contributed by atoms with Gasteiger partial charge in [-0.1, -0.05) is 43.1 Å². The third-order valence-corrected chi connectivity index (χ3v) is 6.53. The number of carbonyl (C=O) groups is 1. The van der Waals surface area contributed by atoms with Crippen molar-refractivity contribution in [1.82, 2.24) is 10.3 Å². The number of fused-ring (bicyclic) bond motifs is 1. The Balaban J connectivity index is 1.55. The highest BCUT2D eigenvalue weighted by atomic mass is 35.5. The summed E-state index contributed by atoms with van der Waals surface area (Å²) in [6.45, 7) is 2.23. The van der Waals surface area contributed by atoms with Gasteiger partial charge in [0.05, 0.1) is 16.0 Å². The average Bonchev–Trinajstić information content (AvgIpc) is 2.89. The van der Waals surface area contributed by atoms with Crippen LogP contribution in [0.3, 0.4) is 0 Å². The first-order valence-electron chi connectivity index (χ1n) is 7.60. The zero-order chi connectivity index (χ0) is 15.5. The highest BCUT2D eigenvalue weighted by Crippen LogP contribution is 2.31. The van der Waals surface area contributed by atoms with Gasteiger partial charge in [0.2, 0.25) is 5.91 Å². The molecule has 0 bridgehead atoms. The van der Waals surface area contributed by atoms with Crippen molar-refractivity contribution in [3.8, 4) is 0 Å². The Morgan fingerprint density at radius 2 is 2.27 bits per heavy atom. The van der Waals surface area contributed by atoms with Crippen LogP contribution in [0.1, 0.15) is 32.6 Å². The zero-order valence-corrected chi connectivity index (χ0v) is 14.9. The van der Waals surface area contributed by atoms with E-state index in [-0.39, 0.29) is 5.91 Å². The predicted octanol–water partition coefficient (Wildman–Crippen LogP) is 4.74. The standard InChI is InChI=1S/C16H19ClN2OS2/c1-10-4-2-3-5-12(10)18-15(20)9-21-16-19-13-8-11(17)6-7-14(13)22-16/h6-8,10,12H,2-5,9H2,1H3,(H,18,20)/t10-,12-/m1/s1. The van der Waals surface area contributed by atoms with Gasteiger partial charge in [-0.05, 0) is 37.0 Å². The van der Waals surface area contributed by atoms with Crippen LogP contribution in [0.25, 0.3) is 10.2 Å². The van der Waals surface area contributed by atoms with E-state index in [1.165, 1.54) is 31.0 Å². The van der Waals surface area contributed by atoms with Gasteiger partial charge in [-0.15, -0.1) is 11.3 Å². The van der Waals surface area contributed by atoms with Crippen molar-refractivity contribution in [2.75, 3.05) is 5.75 Å². The molecule has 1 aliphatic carbocycles. The molecule has 6 heteroatoms. The molecule has 0 radical (unpaired) electrons. The number of nitrogens with one attached hydrogen (secondary N) is 1. The van der Waals surface area contributed by atoms with Crippen molar-refractivity contribution in [1.29, 1.82) is 0 Å². The van der Waals surface area contributed by atoms with Crippen LogP contribution in [-0.2, 0) is 4.79 Å². The van der Waals surface area contributed by atoms with E-state index in [0.717, 1.165) is 21.0 Å². The minimum atomic E-state index is 0.112. The summed E-state index contributed by atoms with van der Waals surface area (Å²) >= 11 is 9.08. The third-order valence-electron chi connectivity index (χ3n) is 4.11. The van der Waals surface area contributed by atoms with E-state index in [1.807, 2.05) is 18.2 Å². The number of carbonyl (C=O) groups excluding carboxylic acids is 1. The molecule has 118 valence electrons. The summed E-state index contributed by atoms with van der Waals surface area (Å²) in [5.74, 6) is 1.13. The van der Waals surface area contributed by atoms with Crippen molar-refractivity contribution >= 4 is 50.8 Å². The molecule has 1 aliphatic rings. The first-order chi connectivity index (χ1) is 10.6. The van der Waals surface area contributed by atoms with Crippen LogP contribution < -0.4 is 5.32 Å². The molecule has 0 saturated heterocycles. The van der Waals surface area contributed by atoms with Gasteiger partial charge < -0.3 is 5.32 Å². The maximum absolute atomic E-state index is 12.1. The molecule has 0 unspecified atom stereocenters. The molecule has 1 aromatic heterocycles. The van der Waals surface area contributed by atoms with Crippen molar-refractivity contribution in [3.05, 3.63) is 23.2 Å². The quantitative estimate of drug-likeness (QED) is 0.806. The van der Waals surface area contributed by atoms with E-state index in [2.05, 4.69) is 17.2 Å². The molecule has 3 nitrogen and oxygen atoms in total. The summed E-state index contributed by atoms with van der Waals surface area (Å²) in [5, 5.41) is 3.87. The molecule has 1 amide bonds. The second kappa shape index (κ2) is 7.20. The normalized spacial score (nSPS) is 21.9. The summed E-state index contributed by atoms with van der Waals surface area (Å²) in [6, 6.07) is 6.05. The van der Waals surface area contributed by atoms with Crippen molar-refractivity contribution in [3.63, 3.8) is 0 Å². The minimum absolute atomic E-state index is 0.112. The van der Waals surface area contributed by atoms with Gasteiger partial charge in [-0.25, -0.2) is 4.98 Å². The summed E-state index contributed by atoms with van der Waals surface area (Å²) in [6.07, 6.45) is 4.84. The van der Waals surface area contributed by atoms with Gasteiger partial charge in [-0.3, -0.25) is 4.79 Å². The number of thioether (sulfide) groups is 1. The molecule has 22 heavy (non-hydrogen) atoms.